The average molecular weight is 354 g/mol. The van der Waals surface area contributed by atoms with Crippen LogP contribution in [0.5, 0.6) is 5.75 Å². The van der Waals surface area contributed by atoms with Crippen molar-refractivity contribution < 1.29 is 31.1 Å². The minimum Gasteiger partial charge on any atom is -0.491 e. The van der Waals surface area contributed by atoms with Crippen LogP contribution in [-0.2, 0) is 14.6 Å². The van der Waals surface area contributed by atoms with Crippen molar-refractivity contribution in [1.82, 2.24) is 4.90 Å². The van der Waals surface area contributed by atoms with E-state index in [0.29, 0.717) is 32.8 Å². The highest BCUT2D eigenvalue weighted by Gasteiger charge is 2.48. The normalized spacial score (nSPS) is 17.2. The number of halogens is 3. The summed E-state index contributed by atoms with van der Waals surface area (Å²) >= 11 is 0. The molecule has 0 saturated carbocycles. The third kappa shape index (κ3) is 4.27. The SMILES string of the molecule is Nc1ccc(OCCN2CCOCC2)c(S(=O)(=O)C(F)(F)F)c1. The largest absolute Gasteiger partial charge is 0.502 e. The molecule has 0 atom stereocenters. The molecule has 6 nitrogen and oxygen atoms in total. The molecule has 0 unspecified atom stereocenters. The lowest BCUT2D eigenvalue weighted by Gasteiger charge is -2.26. The fraction of sp³-hybridized carbons (Fsp3) is 0.538. The van der Waals surface area contributed by atoms with Crippen LogP contribution in [0.3, 0.4) is 0 Å². The Morgan fingerprint density at radius 2 is 1.91 bits per heavy atom. The molecule has 1 heterocycles. The number of nitrogens with two attached hydrogens (primary N) is 1. The summed E-state index contributed by atoms with van der Waals surface area (Å²) in [6, 6.07) is 3.18. The van der Waals surface area contributed by atoms with Gasteiger partial charge in [0.05, 0.1) is 13.2 Å². The summed E-state index contributed by atoms with van der Waals surface area (Å²) in [6.07, 6.45) is 0. The lowest BCUT2D eigenvalue weighted by Crippen LogP contribution is -2.38. The summed E-state index contributed by atoms with van der Waals surface area (Å²) in [4.78, 5) is 1.05. The molecule has 0 aromatic heterocycles. The number of benzene rings is 1. The molecule has 2 rings (SSSR count). The van der Waals surface area contributed by atoms with Gasteiger partial charge in [-0.3, -0.25) is 4.90 Å². The quantitative estimate of drug-likeness (QED) is 0.802. The Bertz CT molecular complexity index is 643. The van der Waals surface area contributed by atoms with E-state index in [9.17, 15) is 21.6 Å². The van der Waals surface area contributed by atoms with E-state index in [0.717, 1.165) is 12.1 Å². The molecule has 130 valence electrons. The number of sulfone groups is 1. The van der Waals surface area contributed by atoms with Crippen LogP contribution in [0, 0.1) is 0 Å². The Morgan fingerprint density at radius 1 is 1.26 bits per heavy atom. The van der Waals surface area contributed by atoms with Crippen LogP contribution in [0.2, 0.25) is 0 Å². The number of ether oxygens (including phenoxy) is 2. The first kappa shape index (κ1) is 17.8. The fourth-order valence-corrected chi connectivity index (χ4v) is 3.02. The van der Waals surface area contributed by atoms with Crippen LogP contribution < -0.4 is 10.5 Å². The number of anilines is 1. The van der Waals surface area contributed by atoms with E-state index < -0.39 is 20.2 Å². The van der Waals surface area contributed by atoms with Crippen molar-refractivity contribution >= 4 is 15.5 Å². The van der Waals surface area contributed by atoms with E-state index in [1.165, 1.54) is 6.07 Å². The van der Waals surface area contributed by atoms with E-state index in [1.54, 1.807) is 0 Å². The molecular formula is C13H17F3N2O4S. The number of alkyl halides is 3. The molecule has 1 fully saturated rings. The van der Waals surface area contributed by atoms with Gasteiger partial charge in [0.1, 0.15) is 17.3 Å². The highest BCUT2D eigenvalue weighted by Crippen LogP contribution is 2.36. The van der Waals surface area contributed by atoms with Gasteiger partial charge in [-0.15, -0.1) is 0 Å². The Labute approximate surface area is 131 Å². The fourth-order valence-electron chi connectivity index (χ4n) is 2.09. The summed E-state index contributed by atoms with van der Waals surface area (Å²) in [5.41, 5.74) is -0.0995. The van der Waals surface area contributed by atoms with Gasteiger partial charge in [-0.25, -0.2) is 8.42 Å². The van der Waals surface area contributed by atoms with E-state index in [1.807, 2.05) is 4.90 Å². The second-order valence-electron chi connectivity index (χ2n) is 4.96. The molecule has 0 amide bonds. The smallest absolute Gasteiger partial charge is 0.491 e. The third-order valence-corrected chi connectivity index (χ3v) is 4.84. The van der Waals surface area contributed by atoms with Gasteiger partial charge in [0.15, 0.2) is 0 Å². The highest BCUT2D eigenvalue weighted by molar-refractivity contribution is 7.92. The maximum Gasteiger partial charge on any atom is 0.502 e. The molecule has 1 aliphatic heterocycles. The third-order valence-electron chi connectivity index (χ3n) is 3.33. The molecule has 0 aliphatic carbocycles. The van der Waals surface area contributed by atoms with E-state index in [2.05, 4.69) is 0 Å². The molecule has 1 aliphatic rings. The van der Waals surface area contributed by atoms with Crippen molar-refractivity contribution in [2.45, 2.75) is 10.4 Å². The second-order valence-corrected chi connectivity index (χ2v) is 6.87. The Kier molecular flexibility index (Phi) is 5.37. The predicted molar refractivity (Wildman–Crippen MR) is 76.8 cm³/mol. The Morgan fingerprint density at radius 3 is 2.52 bits per heavy atom. The van der Waals surface area contributed by atoms with E-state index >= 15 is 0 Å². The van der Waals surface area contributed by atoms with Crippen molar-refractivity contribution in [2.75, 3.05) is 45.2 Å². The average Bonchev–Trinajstić information content (AvgIpc) is 2.48. The van der Waals surface area contributed by atoms with Crippen LogP contribution in [0.1, 0.15) is 0 Å². The monoisotopic (exact) mass is 354 g/mol. The van der Waals surface area contributed by atoms with Gasteiger partial charge in [-0.1, -0.05) is 0 Å². The van der Waals surface area contributed by atoms with Gasteiger partial charge in [0.2, 0.25) is 0 Å². The number of morpholine rings is 1. The molecule has 1 saturated heterocycles. The number of nitrogen functional groups attached to an aromatic ring is 1. The highest BCUT2D eigenvalue weighted by atomic mass is 32.2. The summed E-state index contributed by atoms with van der Waals surface area (Å²) in [5, 5.41) is 0. The maximum atomic E-state index is 12.7. The van der Waals surface area contributed by atoms with Crippen LogP contribution >= 0.6 is 0 Å². The molecule has 2 N–H and O–H groups in total. The molecule has 0 bridgehead atoms. The van der Waals surface area contributed by atoms with Gasteiger partial charge < -0.3 is 15.2 Å². The molecule has 1 aromatic carbocycles. The zero-order valence-corrected chi connectivity index (χ0v) is 13.0. The lowest BCUT2D eigenvalue weighted by molar-refractivity contribution is -0.0437. The first-order chi connectivity index (χ1) is 10.7. The van der Waals surface area contributed by atoms with Gasteiger partial charge in [-0.05, 0) is 18.2 Å². The number of hydrogen-bond donors (Lipinski definition) is 1. The lowest BCUT2D eigenvalue weighted by atomic mass is 10.3. The van der Waals surface area contributed by atoms with Crippen molar-refractivity contribution in [3.8, 4) is 5.75 Å². The number of nitrogens with zero attached hydrogens (tertiary/aromatic N) is 1. The van der Waals surface area contributed by atoms with E-state index in [-0.39, 0.29) is 18.0 Å². The Balaban J connectivity index is 2.13. The van der Waals surface area contributed by atoms with Crippen LogP contribution in [0.15, 0.2) is 23.1 Å². The first-order valence-corrected chi connectivity index (χ1v) is 8.34. The zero-order valence-electron chi connectivity index (χ0n) is 12.2. The summed E-state index contributed by atoms with van der Waals surface area (Å²) < 4.78 is 71.9. The topological polar surface area (TPSA) is 81.9 Å². The summed E-state index contributed by atoms with van der Waals surface area (Å²) in [5.74, 6) is -0.357. The van der Waals surface area contributed by atoms with Crippen LogP contribution in [0.25, 0.3) is 0 Å². The summed E-state index contributed by atoms with van der Waals surface area (Å²) in [7, 11) is -5.52. The first-order valence-electron chi connectivity index (χ1n) is 6.85. The van der Waals surface area contributed by atoms with Gasteiger partial charge in [-0.2, -0.15) is 13.2 Å². The van der Waals surface area contributed by atoms with Crippen LogP contribution in [-0.4, -0.2) is 58.3 Å². The van der Waals surface area contributed by atoms with Crippen molar-refractivity contribution in [3.05, 3.63) is 18.2 Å². The molecule has 10 heteroatoms. The number of hydrogen-bond acceptors (Lipinski definition) is 6. The minimum atomic E-state index is -5.52. The van der Waals surface area contributed by atoms with Crippen molar-refractivity contribution in [2.24, 2.45) is 0 Å². The predicted octanol–water partition coefficient (Wildman–Crippen LogP) is 1.27. The maximum absolute atomic E-state index is 12.7. The molecule has 23 heavy (non-hydrogen) atoms. The number of rotatable bonds is 5. The molecule has 0 spiro atoms. The Hall–Kier alpha value is -1.52. The van der Waals surface area contributed by atoms with Crippen LogP contribution in [0.4, 0.5) is 18.9 Å². The van der Waals surface area contributed by atoms with E-state index in [4.69, 9.17) is 15.2 Å². The molecule has 0 radical (unpaired) electrons. The van der Waals surface area contributed by atoms with Crippen molar-refractivity contribution in [1.29, 1.82) is 0 Å². The van der Waals surface area contributed by atoms with Gasteiger partial charge >= 0.3 is 5.51 Å². The standard InChI is InChI=1S/C13H17F3N2O4S/c14-13(15,16)23(19,20)12-9-10(17)1-2-11(12)22-8-5-18-3-6-21-7-4-18/h1-2,9H,3-8,17H2. The summed E-state index contributed by atoms with van der Waals surface area (Å²) in [6.45, 7) is 3.06. The second kappa shape index (κ2) is 6.93. The molecule has 1 aromatic rings. The van der Waals surface area contributed by atoms with Gasteiger partial charge in [0.25, 0.3) is 9.84 Å². The minimum absolute atomic E-state index is 0.0598. The van der Waals surface area contributed by atoms with Gasteiger partial charge in [0, 0.05) is 25.3 Å². The van der Waals surface area contributed by atoms with Crippen molar-refractivity contribution in [3.63, 3.8) is 0 Å². The zero-order chi connectivity index (χ0) is 17.1. The molecular weight excluding hydrogens is 337 g/mol.